The summed E-state index contributed by atoms with van der Waals surface area (Å²) in [5.74, 6) is -1.71. The summed E-state index contributed by atoms with van der Waals surface area (Å²) in [6.45, 7) is 7.09. The molecule has 0 aromatic carbocycles. The fourth-order valence-corrected chi connectivity index (χ4v) is 2.17. The summed E-state index contributed by atoms with van der Waals surface area (Å²) < 4.78 is 6.86. The highest BCUT2D eigenvalue weighted by Crippen LogP contribution is 2.12. The Hall–Kier alpha value is -1.89. The molecule has 1 rings (SSSR count). The maximum atomic E-state index is 12.6. The average molecular weight is 311 g/mol. The van der Waals surface area contributed by atoms with E-state index in [2.05, 4.69) is 5.10 Å². The summed E-state index contributed by atoms with van der Waals surface area (Å²) in [7, 11) is 1.75. The first-order valence-electron chi connectivity index (χ1n) is 7.46. The van der Waals surface area contributed by atoms with Crippen LogP contribution in [-0.2, 0) is 16.6 Å². The Kier molecular flexibility index (Phi) is 7.04. The van der Waals surface area contributed by atoms with Crippen LogP contribution >= 0.6 is 0 Å². The number of ether oxygens (including phenoxy) is 1. The predicted molar refractivity (Wildman–Crippen MR) is 81.8 cm³/mol. The number of carboxylic acids is 1. The fourth-order valence-electron chi connectivity index (χ4n) is 2.17. The Morgan fingerprint density at radius 2 is 2.18 bits per heavy atom. The van der Waals surface area contributed by atoms with Crippen molar-refractivity contribution in [3.05, 3.63) is 17.5 Å². The third kappa shape index (κ3) is 5.14. The lowest BCUT2D eigenvalue weighted by molar-refractivity contribution is -0.141. The van der Waals surface area contributed by atoms with Crippen molar-refractivity contribution in [2.45, 2.75) is 27.2 Å². The molecule has 7 nitrogen and oxygen atoms in total. The second-order valence-corrected chi connectivity index (χ2v) is 5.34. The molecule has 0 fully saturated rings. The summed E-state index contributed by atoms with van der Waals surface area (Å²) in [5.41, 5.74) is 1.15. The van der Waals surface area contributed by atoms with E-state index in [1.54, 1.807) is 36.7 Å². The molecule has 1 unspecified atom stereocenters. The number of rotatable bonds is 9. The minimum absolute atomic E-state index is 0.175. The van der Waals surface area contributed by atoms with Crippen LogP contribution in [0.1, 0.15) is 36.3 Å². The number of amides is 1. The van der Waals surface area contributed by atoms with Crippen molar-refractivity contribution in [3.8, 4) is 0 Å². The highest BCUT2D eigenvalue weighted by Gasteiger charge is 2.23. The molecule has 1 atom stereocenters. The summed E-state index contributed by atoms with van der Waals surface area (Å²) >= 11 is 0. The molecule has 1 aromatic heterocycles. The van der Waals surface area contributed by atoms with Crippen molar-refractivity contribution in [2.24, 2.45) is 13.0 Å². The normalized spacial score (nSPS) is 12.2. The van der Waals surface area contributed by atoms with Gasteiger partial charge in [0.1, 0.15) is 0 Å². The number of hydrogen-bond donors (Lipinski definition) is 1. The highest BCUT2D eigenvalue weighted by atomic mass is 16.5. The Balaban J connectivity index is 2.80. The Bertz CT molecular complexity index is 513. The maximum Gasteiger partial charge on any atom is 0.308 e. The lowest BCUT2D eigenvalue weighted by Gasteiger charge is -2.24. The zero-order chi connectivity index (χ0) is 16.7. The van der Waals surface area contributed by atoms with Crippen LogP contribution in [0.3, 0.4) is 0 Å². The van der Waals surface area contributed by atoms with Gasteiger partial charge in [0.05, 0.1) is 17.2 Å². The minimum atomic E-state index is -0.912. The number of hydrogen-bond acceptors (Lipinski definition) is 4. The van der Waals surface area contributed by atoms with Gasteiger partial charge in [0, 0.05) is 39.5 Å². The van der Waals surface area contributed by atoms with Crippen molar-refractivity contribution in [1.82, 2.24) is 14.7 Å². The highest BCUT2D eigenvalue weighted by molar-refractivity contribution is 5.95. The quantitative estimate of drug-likeness (QED) is 0.695. The topological polar surface area (TPSA) is 84.7 Å². The van der Waals surface area contributed by atoms with E-state index < -0.39 is 11.9 Å². The Morgan fingerprint density at radius 1 is 1.50 bits per heavy atom. The van der Waals surface area contributed by atoms with Gasteiger partial charge in [-0.2, -0.15) is 5.10 Å². The molecule has 0 aliphatic rings. The molecule has 1 aromatic rings. The molecule has 0 aliphatic carbocycles. The molecule has 1 heterocycles. The monoisotopic (exact) mass is 311 g/mol. The van der Waals surface area contributed by atoms with Gasteiger partial charge in [0.15, 0.2) is 0 Å². The average Bonchev–Trinajstić information content (AvgIpc) is 2.79. The Labute approximate surface area is 130 Å². The third-order valence-electron chi connectivity index (χ3n) is 3.37. The maximum absolute atomic E-state index is 12.6. The van der Waals surface area contributed by atoms with Crippen LogP contribution in [0.25, 0.3) is 0 Å². The van der Waals surface area contributed by atoms with E-state index in [-0.39, 0.29) is 12.5 Å². The molecule has 0 saturated carbocycles. The fraction of sp³-hybridized carbons (Fsp3) is 0.667. The zero-order valence-corrected chi connectivity index (χ0v) is 13.7. The second kappa shape index (κ2) is 8.53. The molecular weight excluding hydrogens is 286 g/mol. The number of carbonyl (C=O) groups excluding carboxylic acids is 1. The molecule has 22 heavy (non-hydrogen) atoms. The number of aryl methyl sites for hydroxylation is 2. The van der Waals surface area contributed by atoms with Crippen LogP contribution in [0.2, 0.25) is 0 Å². The van der Waals surface area contributed by atoms with Gasteiger partial charge in [0.25, 0.3) is 5.91 Å². The van der Waals surface area contributed by atoms with Gasteiger partial charge in [-0.25, -0.2) is 0 Å². The summed E-state index contributed by atoms with van der Waals surface area (Å²) in [6.07, 6.45) is 2.34. The van der Waals surface area contributed by atoms with Gasteiger partial charge < -0.3 is 14.7 Å². The van der Waals surface area contributed by atoms with E-state index in [1.807, 2.05) is 6.92 Å². The largest absolute Gasteiger partial charge is 0.481 e. The lowest BCUT2D eigenvalue weighted by Crippen LogP contribution is -2.38. The van der Waals surface area contributed by atoms with Gasteiger partial charge >= 0.3 is 5.97 Å². The zero-order valence-electron chi connectivity index (χ0n) is 13.7. The van der Waals surface area contributed by atoms with E-state index in [9.17, 15) is 9.59 Å². The van der Waals surface area contributed by atoms with E-state index in [0.717, 1.165) is 0 Å². The van der Waals surface area contributed by atoms with Gasteiger partial charge in [-0.3, -0.25) is 14.3 Å². The first kappa shape index (κ1) is 18.2. The number of carboxylic acid groups (broad SMARTS) is 1. The van der Waals surface area contributed by atoms with Crippen molar-refractivity contribution in [1.29, 1.82) is 0 Å². The molecule has 0 aliphatic heterocycles. The van der Waals surface area contributed by atoms with Crippen LogP contribution in [0, 0.1) is 12.8 Å². The predicted octanol–water partition coefficient (Wildman–Crippen LogP) is 1.32. The summed E-state index contributed by atoms with van der Waals surface area (Å²) in [6, 6.07) is 0. The van der Waals surface area contributed by atoms with Gasteiger partial charge in [0.2, 0.25) is 0 Å². The van der Waals surface area contributed by atoms with Crippen molar-refractivity contribution in [3.63, 3.8) is 0 Å². The van der Waals surface area contributed by atoms with Crippen molar-refractivity contribution < 1.29 is 19.4 Å². The number of nitrogens with zero attached hydrogens (tertiary/aromatic N) is 3. The van der Waals surface area contributed by atoms with Crippen LogP contribution in [0.15, 0.2) is 6.20 Å². The molecule has 0 bridgehead atoms. The summed E-state index contributed by atoms with van der Waals surface area (Å²) in [5, 5.41) is 13.2. The van der Waals surface area contributed by atoms with Crippen molar-refractivity contribution >= 4 is 11.9 Å². The van der Waals surface area contributed by atoms with E-state index in [1.165, 1.54) is 0 Å². The SMILES string of the molecule is CCOCCCN(CC(C)C(=O)O)C(=O)c1cn(C)nc1C. The van der Waals surface area contributed by atoms with Crippen molar-refractivity contribution in [2.75, 3.05) is 26.3 Å². The van der Waals surface area contributed by atoms with Gasteiger partial charge in [-0.05, 0) is 20.3 Å². The molecule has 124 valence electrons. The molecule has 1 N–H and O–H groups in total. The van der Waals surface area contributed by atoms with Gasteiger partial charge in [-0.1, -0.05) is 6.92 Å². The smallest absolute Gasteiger partial charge is 0.308 e. The lowest BCUT2D eigenvalue weighted by atomic mass is 10.1. The van der Waals surface area contributed by atoms with Crippen LogP contribution in [0.4, 0.5) is 0 Å². The Morgan fingerprint density at radius 3 is 2.68 bits per heavy atom. The van der Waals surface area contributed by atoms with E-state index in [4.69, 9.17) is 9.84 Å². The third-order valence-corrected chi connectivity index (χ3v) is 3.37. The minimum Gasteiger partial charge on any atom is -0.481 e. The number of aliphatic carboxylic acids is 1. The number of aromatic nitrogens is 2. The van der Waals surface area contributed by atoms with Crippen LogP contribution < -0.4 is 0 Å². The summed E-state index contributed by atoms with van der Waals surface area (Å²) in [4.78, 5) is 25.3. The van der Waals surface area contributed by atoms with Crippen LogP contribution in [0.5, 0.6) is 0 Å². The van der Waals surface area contributed by atoms with E-state index >= 15 is 0 Å². The number of carbonyl (C=O) groups is 2. The second-order valence-electron chi connectivity index (χ2n) is 5.34. The van der Waals surface area contributed by atoms with Gasteiger partial charge in [-0.15, -0.1) is 0 Å². The van der Waals surface area contributed by atoms with Crippen LogP contribution in [-0.4, -0.2) is 58.0 Å². The van der Waals surface area contributed by atoms with E-state index in [0.29, 0.717) is 37.4 Å². The first-order valence-corrected chi connectivity index (χ1v) is 7.46. The standard InChI is InChI=1S/C15H25N3O4/c1-5-22-8-6-7-18(9-11(2)15(20)21)14(19)13-10-17(4)16-12(13)3/h10-11H,5-9H2,1-4H3,(H,20,21). The molecule has 1 amide bonds. The molecule has 7 heteroatoms. The molecule has 0 saturated heterocycles. The molecular formula is C15H25N3O4. The first-order chi connectivity index (χ1) is 10.4. The molecule has 0 radical (unpaired) electrons. The molecule has 0 spiro atoms.